The summed E-state index contributed by atoms with van der Waals surface area (Å²) in [6.45, 7) is 1.81. The van der Waals surface area contributed by atoms with Crippen molar-refractivity contribution in [3.05, 3.63) is 23.5 Å². The zero-order valence-electron chi connectivity index (χ0n) is 7.57. The summed E-state index contributed by atoms with van der Waals surface area (Å²) < 4.78 is 4.95. The molecule has 0 aliphatic heterocycles. The largest absolute Gasteiger partial charge is 0.495 e. The number of carbonyl (C=O) groups is 1. The molecular weight excluding hydrogens is 170 g/mol. The number of hydrogen-bond acceptors (Lipinski definition) is 3. The molecule has 0 spiro atoms. The van der Waals surface area contributed by atoms with Crippen LogP contribution in [0.25, 0.3) is 0 Å². The molecule has 0 amide bonds. The first-order chi connectivity index (χ1) is 6.13. The molecule has 0 atom stereocenters. The van der Waals surface area contributed by atoms with Gasteiger partial charge in [-0.15, -0.1) is 0 Å². The van der Waals surface area contributed by atoms with E-state index in [0.717, 1.165) is 5.56 Å². The summed E-state index contributed by atoms with van der Waals surface area (Å²) in [4.78, 5) is 14.4. The Balaban J connectivity index is 2.91. The van der Waals surface area contributed by atoms with Crippen LogP contribution in [0.15, 0.2) is 12.3 Å². The van der Waals surface area contributed by atoms with Gasteiger partial charge in [0.2, 0.25) is 0 Å². The van der Waals surface area contributed by atoms with Crippen LogP contribution in [-0.4, -0.2) is 23.2 Å². The minimum absolute atomic E-state index is 0.0458. The lowest BCUT2D eigenvalue weighted by Crippen LogP contribution is -2.04. The van der Waals surface area contributed by atoms with E-state index in [2.05, 4.69) is 4.98 Å². The minimum atomic E-state index is -0.874. The molecule has 1 N–H and O–H groups in total. The zero-order chi connectivity index (χ0) is 9.84. The van der Waals surface area contributed by atoms with Crippen molar-refractivity contribution in [1.29, 1.82) is 0 Å². The van der Waals surface area contributed by atoms with Crippen LogP contribution in [0.3, 0.4) is 0 Å². The number of carboxylic acid groups (broad SMARTS) is 1. The van der Waals surface area contributed by atoms with Gasteiger partial charge in [0, 0.05) is 0 Å². The Morgan fingerprint density at radius 3 is 2.85 bits per heavy atom. The number of aliphatic carboxylic acids is 1. The Kier molecular flexibility index (Phi) is 2.84. The number of carboxylic acids is 1. The SMILES string of the molecule is COc1cnc(CC(=O)O)c(C)c1. The van der Waals surface area contributed by atoms with Gasteiger partial charge in [0.1, 0.15) is 5.75 Å². The number of hydrogen-bond donors (Lipinski definition) is 1. The van der Waals surface area contributed by atoms with Gasteiger partial charge in [-0.2, -0.15) is 0 Å². The van der Waals surface area contributed by atoms with Gasteiger partial charge in [0.15, 0.2) is 0 Å². The third kappa shape index (κ3) is 2.43. The summed E-state index contributed by atoms with van der Waals surface area (Å²) in [5.41, 5.74) is 1.41. The second-order valence-corrected chi connectivity index (χ2v) is 2.71. The molecule has 0 unspecified atom stereocenters. The summed E-state index contributed by atoms with van der Waals surface area (Å²) in [6.07, 6.45) is 1.47. The highest BCUT2D eigenvalue weighted by molar-refractivity contribution is 5.70. The number of nitrogens with zero attached hydrogens (tertiary/aromatic N) is 1. The van der Waals surface area contributed by atoms with Crippen LogP contribution >= 0.6 is 0 Å². The van der Waals surface area contributed by atoms with E-state index in [1.807, 2.05) is 6.92 Å². The average molecular weight is 181 g/mol. The van der Waals surface area contributed by atoms with Gasteiger partial charge in [0.05, 0.1) is 25.4 Å². The molecule has 4 heteroatoms. The van der Waals surface area contributed by atoms with Crippen molar-refractivity contribution in [3.8, 4) is 5.75 Å². The molecule has 0 saturated carbocycles. The molecule has 0 aromatic carbocycles. The lowest BCUT2D eigenvalue weighted by Gasteiger charge is -2.04. The molecule has 0 aliphatic rings. The average Bonchev–Trinajstić information content (AvgIpc) is 2.08. The van der Waals surface area contributed by atoms with Crippen LogP contribution in [0, 0.1) is 6.92 Å². The Bertz CT molecular complexity index is 323. The number of methoxy groups -OCH3 is 1. The van der Waals surface area contributed by atoms with Crippen molar-refractivity contribution in [2.24, 2.45) is 0 Å². The number of ether oxygens (including phenoxy) is 1. The Labute approximate surface area is 76.2 Å². The Morgan fingerprint density at radius 1 is 1.69 bits per heavy atom. The van der Waals surface area contributed by atoms with Crippen molar-refractivity contribution in [1.82, 2.24) is 4.98 Å². The van der Waals surface area contributed by atoms with E-state index in [0.29, 0.717) is 11.4 Å². The molecule has 1 heterocycles. The van der Waals surface area contributed by atoms with Crippen LogP contribution in [-0.2, 0) is 11.2 Å². The van der Waals surface area contributed by atoms with E-state index >= 15 is 0 Å². The predicted octanol–water partition coefficient (Wildman–Crippen LogP) is 1.03. The maximum Gasteiger partial charge on any atom is 0.309 e. The number of aryl methyl sites for hydroxylation is 1. The molecule has 0 bridgehead atoms. The van der Waals surface area contributed by atoms with Gasteiger partial charge >= 0.3 is 5.97 Å². The van der Waals surface area contributed by atoms with Crippen LogP contribution in [0.1, 0.15) is 11.3 Å². The summed E-state index contributed by atoms with van der Waals surface area (Å²) in [6, 6.07) is 1.77. The smallest absolute Gasteiger partial charge is 0.309 e. The van der Waals surface area contributed by atoms with Crippen LogP contribution in [0.2, 0.25) is 0 Å². The lowest BCUT2D eigenvalue weighted by molar-refractivity contribution is -0.136. The number of pyridine rings is 1. The van der Waals surface area contributed by atoms with Gasteiger partial charge in [-0.05, 0) is 18.6 Å². The molecule has 0 aliphatic carbocycles. The predicted molar refractivity (Wildman–Crippen MR) is 46.9 cm³/mol. The molecule has 1 aromatic heterocycles. The first-order valence-corrected chi connectivity index (χ1v) is 3.85. The second kappa shape index (κ2) is 3.89. The fraction of sp³-hybridized carbons (Fsp3) is 0.333. The van der Waals surface area contributed by atoms with Crippen LogP contribution in [0.5, 0.6) is 5.75 Å². The maximum atomic E-state index is 10.4. The first-order valence-electron chi connectivity index (χ1n) is 3.85. The standard InChI is InChI=1S/C9H11NO3/c1-6-3-7(13-2)5-10-8(6)4-9(11)12/h3,5H,4H2,1-2H3,(H,11,12). The van der Waals surface area contributed by atoms with Gasteiger partial charge < -0.3 is 9.84 Å². The second-order valence-electron chi connectivity index (χ2n) is 2.71. The van der Waals surface area contributed by atoms with Gasteiger partial charge in [-0.25, -0.2) is 0 Å². The highest BCUT2D eigenvalue weighted by Gasteiger charge is 2.05. The van der Waals surface area contributed by atoms with E-state index in [9.17, 15) is 4.79 Å². The topological polar surface area (TPSA) is 59.4 Å². The fourth-order valence-electron chi connectivity index (χ4n) is 1.02. The van der Waals surface area contributed by atoms with Crippen molar-refractivity contribution < 1.29 is 14.6 Å². The fourth-order valence-corrected chi connectivity index (χ4v) is 1.02. The Morgan fingerprint density at radius 2 is 2.38 bits per heavy atom. The summed E-state index contributed by atoms with van der Waals surface area (Å²) in [7, 11) is 1.55. The van der Waals surface area contributed by atoms with E-state index in [-0.39, 0.29) is 6.42 Å². The van der Waals surface area contributed by atoms with Crippen LogP contribution in [0.4, 0.5) is 0 Å². The highest BCUT2D eigenvalue weighted by Crippen LogP contribution is 2.13. The van der Waals surface area contributed by atoms with Crippen molar-refractivity contribution in [2.75, 3.05) is 7.11 Å². The summed E-state index contributed by atoms with van der Waals surface area (Å²) in [5.74, 6) is -0.229. The van der Waals surface area contributed by atoms with E-state index in [1.165, 1.54) is 6.20 Å². The molecular formula is C9H11NO3. The van der Waals surface area contributed by atoms with Crippen molar-refractivity contribution in [3.63, 3.8) is 0 Å². The molecule has 0 radical (unpaired) electrons. The lowest BCUT2D eigenvalue weighted by atomic mass is 10.1. The summed E-state index contributed by atoms with van der Waals surface area (Å²) >= 11 is 0. The van der Waals surface area contributed by atoms with E-state index in [1.54, 1.807) is 13.2 Å². The molecule has 0 saturated heterocycles. The van der Waals surface area contributed by atoms with E-state index < -0.39 is 5.97 Å². The molecule has 4 nitrogen and oxygen atoms in total. The minimum Gasteiger partial charge on any atom is -0.495 e. The molecule has 1 rings (SSSR count). The highest BCUT2D eigenvalue weighted by atomic mass is 16.5. The van der Waals surface area contributed by atoms with Crippen molar-refractivity contribution in [2.45, 2.75) is 13.3 Å². The number of aromatic nitrogens is 1. The zero-order valence-corrected chi connectivity index (χ0v) is 7.57. The monoisotopic (exact) mass is 181 g/mol. The maximum absolute atomic E-state index is 10.4. The summed E-state index contributed by atoms with van der Waals surface area (Å²) in [5, 5.41) is 8.55. The molecule has 0 fully saturated rings. The number of rotatable bonds is 3. The molecule has 13 heavy (non-hydrogen) atoms. The van der Waals surface area contributed by atoms with Crippen molar-refractivity contribution >= 4 is 5.97 Å². The first kappa shape index (κ1) is 9.51. The normalized spacial score (nSPS) is 9.69. The third-order valence-electron chi connectivity index (χ3n) is 1.72. The van der Waals surface area contributed by atoms with E-state index in [4.69, 9.17) is 9.84 Å². The Hall–Kier alpha value is -1.58. The molecule has 70 valence electrons. The molecule has 1 aromatic rings. The van der Waals surface area contributed by atoms with Gasteiger partial charge in [-0.1, -0.05) is 0 Å². The third-order valence-corrected chi connectivity index (χ3v) is 1.72. The quantitative estimate of drug-likeness (QED) is 0.756. The van der Waals surface area contributed by atoms with Gasteiger partial charge in [-0.3, -0.25) is 9.78 Å². The van der Waals surface area contributed by atoms with Crippen LogP contribution < -0.4 is 4.74 Å². The van der Waals surface area contributed by atoms with Gasteiger partial charge in [0.25, 0.3) is 0 Å².